The summed E-state index contributed by atoms with van der Waals surface area (Å²) in [5, 5.41) is 0. The second-order valence-corrected chi connectivity index (χ2v) is 8.95. The van der Waals surface area contributed by atoms with Crippen molar-refractivity contribution in [2.75, 3.05) is 0 Å². The fourth-order valence-electron chi connectivity index (χ4n) is 2.26. The molecule has 1 saturated carbocycles. The molecule has 0 unspecified atom stereocenters. The highest BCUT2D eigenvalue weighted by molar-refractivity contribution is 6.41. The molecule has 0 N–H and O–H groups in total. The molecule has 0 heterocycles. The molecule has 0 radical (unpaired) electrons. The van der Waals surface area contributed by atoms with Gasteiger partial charge in [0, 0.05) is 0 Å². The van der Waals surface area contributed by atoms with E-state index >= 15 is 0 Å². The summed E-state index contributed by atoms with van der Waals surface area (Å²) in [5.74, 6) is 0. The van der Waals surface area contributed by atoms with E-state index in [2.05, 4.69) is 20.8 Å². The molecule has 62 valence electrons. The predicted octanol–water partition coefficient (Wildman–Crippen LogP) is 3.66. The molecule has 1 fully saturated rings. The Morgan fingerprint density at radius 2 is 1.55 bits per heavy atom. The zero-order chi connectivity index (χ0) is 8.32. The normalized spacial score (nSPS) is 21.4. The molecule has 1 rings (SSSR count). The molecule has 0 aromatic carbocycles. The van der Waals surface area contributed by atoms with Crippen molar-refractivity contribution in [3.63, 3.8) is 0 Å². The van der Waals surface area contributed by atoms with Crippen LogP contribution in [0.1, 0.15) is 52.9 Å². The maximum Gasteiger partial charge on any atom is 0.377 e. The third kappa shape index (κ3) is 4.37. The van der Waals surface area contributed by atoms with E-state index < -0.39 is 0 Å². The monoisotopic (exact) mass is 164 g/mol. The van der Waals surface area contributed by atoms with Crippen molar-refractivity contribution < 1.29 is 0 Å². The van der Waals surface area contributed by atoms with E-state index in [0.717, 1.165) is 0 Å². The average molecular weight is 165 g/mol. The van der Waals surface area contributed by atoms with Gasteiger partial charge >= 0.3 is 20.4 Å². The summed E-state index contributed by atoms with van der Waals surface area (Å²) in [5.41, 5.74) is 0. The van der Waals surface area contributed by atoms with E-state index in [-0.39, 0.29) is 20.4 Å². The molecule has 0 aliphatic heterocycles. The Morgan fingerprint density at radius 1 is 1.00 bits per heavy atom. The van der Waals surface area contributed by atoms with Gasteiger partial charge in [0.25, 0.3) is 0 Å². The van der Waals surface area contributed by atoms with Gasteiger partial charge in [0.15, 0.2) is 0 Å². The van der Waals surface area contributed by atoms with E-state index in [4.69, 9.17) is 0 Å². The summed E-state index contributed by atoms with van der Waals surface area (Å²) >= 11 is 0.204. The quantitative estimate of drug-likeness (QED) is 0.519. The van der Waals surface area contributed by atoms with Crippen LogP contribution in [0.2, 0.25) is 7.59 Å². The van der Waals surface area contributed by atoms with Gasteiger partial charge in [0.2, 0.25) is 0 Å². The van der Waals surface area contributed by atoms with E-state index in [1.165, 1.54) is 23.3 Å². The molecule has 1 heteroatoms. The largest absolute Gasteiger partial charge is 0.377 e. The highest BCUT2D eigenvalue weighted by Crippen LogP contribution is 2.35. The third-order valence-electron chi connectivity index (χ3n) is 2.63. The molecule has 0 atom stereocenters. The highest BCUT2D eigenvalue weighted by Gasteiger charge is 2.23. The SMILES string of the molecule is C[C](C)(C)[Mg][CH]1CCCCC1. The second-order valence-electron chi connectivity index (χ2n) is 5.27. The van der Waals surface area contributed by atoms with Crippen LogP contribution in [0.3, 0.4) is 0 Å². The third-order valence-corrected chi connectivity index (χ3v) is 5.24. The van der Waals surface area contributed by atoms with Crippen LogP contribution in [0.15, 0.2) is 0 Å². The van der Waals surface area contributed by atoms with E-state index in [0.29, 0.717) is 3.54 Å². The minimum atomic E-state index is 0.204. The lowest BCUT2D eigenvalue weighted by Gasteiger charge is -2.27. The molecule has 0 bridgehead atoms. The van der Waals surface area contributed by atoms with Gasteiger partial charge in [0.05, 0.1) is 0 Å². The van der Waals surface area contributed by atoms with Gasteiger partial charge in [0.1, 0.15) is 0 Å². The summed E-state index contributed by atoms with van der Waals surface area (Å²) < 4.78 is 1.88. The molecule has 0 nitrogen and oxygen atoms in total. The van der Waals surface area contributed by atoms with Crippen molar-refractivity contribution in [3.8, 4) is 0 Å². The minimum absolute atomic E-state index is 0.204. The molecule has 11 heavy (non-hydrogen) atoms. The van der Waals surface area contributed by atoms with Crippen molar-refractivity contribution >= 4 is 20.4 Å². The topological polar surface area (TPSA) is 0 Å². The van der Waals surface area contributed by atoms with Crippen LogP contribution in [0.5, 0.6) is 0 Å². The summed E-state index contributed by atoms with van der Waals surface area (Å²) in [6.07, 6.45) is 7.67. The minimum Gasteiger partial charge on any atom is -0.134 e. The van der Waals surface area contributed by atoms with Crippen LogP contribution in [-0.2, 0) is 0 Å². The lowest BCUT2D eigenvalue weighted by Crippen LogP contribution is -2.17. The van der Waals surface area contributed by atoms with Crippen LogP contribution < -0.4 is 0 Å². The van der Waals surface area contributed by atoms with Crippen molar-refractivity contribution in [1.82, 2.24) is 0 Å². The van der Waals surface area contributed by atoms with Crippen molar-refractivity contribution in [2.24, 2.45) is 0 Å². The number of hydrogen-bond acceptors (Lipinski definition) is 0. The smallest absolute Gasteiger partial charge is 0.134 e. The zero-order valence-electron chi connectivity index (χ0n) is 8.32. The standard InChI is InChI=1S/C6H11.C4H9.Mg/c1-2-4-6-5-3-1;1-4(2)3;/h1H,2-6H2;1-3H3;. The second kappa shape index (κ2) is 4.13. The number of rotatable bonds is 1. The Kier molecular flexibility index (Phi) is 3.70. The number of hydrogen-bond donors (Lipinski definition) is 0. The molecule has 1 aliphatic rings. The van der Waals surface area contributed by atoms with Gasteiger partial charge in [-0.05, 0) is 0 Å². The van der Waals surface area contributed by atoms with Crippen LogP contribution in [0.4, 0.5) is 0 Å². The summed E-state index contributed by atoms with van der Waals surface area (Å²) in [4.78, 5) is 0. The Bertz CT molecular complexity index is 107. The maximum absolute atomic E-state index is 2.42. The Morgan fingerprint density at radius 3 is 2.00 bits per heavy atom. The fourth-order valence-corrected chi connectivity index (χ4v) is 4.97. The first-order valence-electron chi connectivity index (χ1n) is 5.08. The highest BCUT2D eigenvalue weighted by atomic mass is 24.5. The average Bonchev–Trinajstić information content (AvgIpc) is 1.85. The molecule has 0 saturated heterocycles. The summed E-state index contributed by atoms with van der Waals surface area (Å²) in [6, 6.07) is 0. The molecule has 0 spiro atoms. The maximum atomic E-state index is 2.42. The molecule has 0 aromatic rings. The van der Waals surface area contributed by atoms with Crippen LogP contribution in [0.25, 0.3) is 0 Å². The van der Waals surface area contributed by atoms with Crippen molar-refractivity contribution in [1.29, 1.82) is 0 Å². The fraction of sp³-hybridized carbons (Fsp3) is 1.00. The lowest BCUT2D eigenvalue weighted by atomic mass is 10.00. The van der Waals surface area contributed by atoms with E-state index in [1.54, 1.807) is 12.8 Å². The van der Waals surface area contributed by atoms with Crippen LogP contribution in [0, 0.1) is 0 Å². The lowest BCUT2D eigenvalue weighted by molar-refractivity contribution is 0.492. The van der Waals surface area contributed by atoms with Gasteiger partial charge in [-0.25, -0.2) is 0 Å². The molecule has 1 aliphatic carbocycles. The van der Waals surface area contributed by atoms with E-state index in [1.807, 2.05) is 0 Å². The Labute approximate surface area is 80.9 Å². The van der Waals surface area contributed by atoms with Gasteiger partial charge in [-0.2, -0.15) is 0 Å². The first-order valence-corrected chi connectivity index (χ1v) is 6.60. The van der Waals surface area contributed by atoms with Gasteiger partial charge in [-0.1, -0.05) is 52.9 Å². The van der Waals surface area contributed by atoms with Gasteiger partial charge < -0.3 is 0 Å². The summed E-state index contributed by atoms with van der Waals surface area (Å²) in [7, 11) is 0. The summed E-state index contributed by atoms with van der Waals surface area (Å²) in [6.45, 7) is 7.27. The first kappa shape index (κ1) is 9.85. The molecular weight excluding hydrogens is 144 g/mol. The molecular formula is C10H20Mg. The van der Waals surface area contributed by atoms with E-state index in [9.17, 15) is 0 Å². The molecule has 0 aromatic heterocycles. The van der Waals surface area contributed by atoms with Gasteiger partial charge in [-0.15, -0.1) is 7.59 Å². The Hall–Kier alpha value is 0.766. The van der Waals surface area contributed by atoms with Crippen molar-refractivity contribution in [3.05, 3.63) is 0 Å². The predicted molar refractivity (Wildman–Crippen MR) is 52.3 cm³/mol. The first-order chi connectivity index (χ1) is 5.08. The van der Waals surface area contributed by atoms with Gasteiger partial charge in [-0.3, -0.25) is 0 Å². The van der Waals surface area contributed by atoms with Crippen molar-refractivity contribution in [2.45, 2.75) is 60.5 Å². The molecule has 0 amide bonds. The zero-order valence-corrected chi connectivity index (χ0v) is 9.73. The Balaban J connectivity index is 2.24. The van der Waals surface area contributed by atoms with Crippen LogP contribution >= 0.6 is 0 Å². The van der Waals surface area contributed by atoms with Crippen LogP contribution in [-0.4, -0.2) is 20.4 Å².